The van der Waals surface area contributed by atoms with Crippen molar-refractivity contribution in [2.45, 2.75) is 6.92 Å². The van der Waals surface area contributed by atoms with Crippen LogP contribution in [0.15, 0.2) is 30.3 Å². The van der Waals surface area contributed by atoms with Crippen LogP contribution in [0.1, 0.15) is 29.0 Å². The molecule has 0 unspecified atom stereocenters. The lowest BCUT2D eigenvalue weighted by molar-refractivity contribution is 0.0540. The van der Waals surface area contributed by atoms with Gasteiger partial charge in [-0.1, -0.05) is 12.1 Å². The standard InChI is InChI=1S/C21H16F4N2O4S/c1-9-7-12(19(32-9)21(29)27-31-3)20(28)26-18-16(24)14(22)13(15(23)17(18)25)10-5-4-6-11(8-10)30-2/h4-8H,1-3H3,(H,26,28)(H,27,29)/i2D3. The number of rotatable bonds is 6. The number of nitrogens with one attached hydrogen (secondary N) is 2. The van der Waals surface area contributed by atoms with Crippen LogP contribution < -0.4 is 15.5 Å². The Morgan fingerprint density at radius 3 is 2.34 bits per heavy atom. The minimum absolute atomic E-state index is 0.161. The number of hydrogen-bond acceptors (Lipinski definition) is 5. The normalized spacial score (nSPS) is 12.5. The van der Waals surface area contributed by atoms with E-state index in [0.717, 1.165) is 30.6 Å². The van der Waals surface area contributed by atoms with Crippen LogP contribution in [0.5, 0.6) is 5.75 Å². The molecule has 1 aromatic heterocycles. The fourth-order valence-corrected chi connectivity index (χ4v) is 3.78. The van der Waals surface area contributed by atoms with E-state index >= 15 is 0 Å². The molecule has 0 aliphatic heterocycles. The molecule has 1 heterocycles. The van der Waals surface area contributed by atoms with E-state index in [4.69, 9.17) is 4.11 Å². The number of halogens is 4. The molecule has 2 N–H and O–H groups in total. The second kappa shape index (κ2) is 9.37. The Morgan fingerprint density at radius 2 is 1.72 bits per heavy atom. The van der Waals surface area contributed by atoms with Crippen molar-refractivity contribution in [3.05, 3.63) is 68.9 Å². The second-order valence-corrected chi connectivity index (χ2v) is 7.58. The van der Waals surface area contributed by atoms with E-state index in [-0.39, 0.29) is 16.2 Å². The van der Waals surface area contributed by atoms with Crippen molar-refractivity contribution in [2.75, 3.05) is 19.5 Å². The number of hydrogen-bond donors (Lipinski definition) is 2. The van der Waals surface area contributed by atoms with Crippen LogP contribution in [0.2, 0.25) is 0 Å². The molecule has 0 radical (unpaired) electrons. The molecule has 2 aromatic carbocycles. The lowest BCUT2D eigenvalue weighted by Gasteiger charge is -2.14. The molecule has 168 valence electrons. The first-order valence-corrected chi connectivity index (χ1v) is 9.56. The summed E-state index contributed by atoms with van der Waals surface area (Å²) in [7, 11) is -1.72. The Labute approximate surface area is 187 Å². The number of carbonyl (C=O) groups is 2. The van der Waals surface area contributed by atoms with E-state index in [0.29, 0.717) is 4.88 Å². The molecule has 0 spiro atoms. The monoisotopic (exact) mass is 471 g/mol. The van der Waals surface area contributed by atoms with Gasteiger partial charge in [0, 0.05) is 4.88 Å². The van der Waals surface area contributed by atoms with E-state index in [9.17, 15) is 27.2 Å². The van der Waals surface area contributed by atoms with Crippen molar-refractivity contribution >= 4 is 28.8 Å². The van der Waals surface area contributed by atoms with Crippen molar-refractivity contribution in [1.82, 2.24) is 5.48 Å². The number of anilines is 1. The number of methoxy groups -OCH3 is 1. The van der Waals surface area contributed by atoms with E-state index in [2.05, 4.69) is 9.57 Å². The number of amides is 2. The number of hydroxylamine groups is 1. The number of carbonyl (C=O) groups excluding carboxylic acids is 2. The molecular formula is C21H16F4N2O4S. The maximum Gasteiger partial charge on any atom is 0.285 e. The van der Waals surface area contributed by atoms with Crippen LogP contribution in [0.4, 0.5) is 23.2 Å². The molecule has 3 rings (SSSR count). The molecule has 2 amide bonds. The van der Waals surface area contributed by atoms with E-state index in [1.807, 2.05) is 5.48 Å². The topological polar surface area (TPSA) is 76.7 Å². The predicted molar refractivity (Wildman–Crippen MR) is 110 cm³/mol. The Hall–Kier alpha value is -3.44. The Balaban J connectivity index is 2.02. The largest absolute Gasteiger partial charge is 0.497 e. The van der Waals surface area contributed by atoms with Crippen molar-refractivity contribution in [2.24, 2.45) is 0 Å². The molecule has 11 heteroatoms. The van der Waals surface area contributed by atoms with Crippen molar-refractivity contribution in [1.29, 1.82) is 0 Å². The molecular weight excluding hydrogens is 452 g/mol. The van der Waals surface area contributed by atoms with Crippen molar-refractivity contribution in [3.8, 4) is 16.9 Å². The van der Waals surface area contributed by atoms with Crippen LogP contribution >= 0.6 is 11.3 Å². The zero-order chi connectivity index (χ0) is 26.1. The van der Waals surface area contributed by atoms with Gasteiger partial charge in [0.25, 0.3) is 11.8 Å². The SMILES string of the molecule is [2H]C([2H])([2H])Oc1cccc(-c2c(F)c(F)c(NC(=O)c3cc(C)sc3C(=O)NOC)c(F)c2F)c1. The maximum atomic E-state index is 14.9. The summed E-state index contributed by atoms with van der Waals surface area (Å²) in [5, 5.41) is 1.77. The van der Waals surface area contributed by atoms with Gasteiger partial charge in [0.2, 0.25) is 0 Å². The van der Waals surface area contributed by atoms with Gasteiger partial charge in [-0.2, -0.15) is 0 Å². The maximum absolute atomic E-state index is 14.9. The average Bonchev–Trinajstić information content (AvgIpc) is 3.17. The Morgan fingerprint density at radius 1 is 1.03 bits per heavy atom. The Bertz CT molecular complexity index is 1290. The number of benzene rings is 2. The third kappa shape index (κ3) is 4.30. The quantitative estimate of drug-likeness (QED) is 0.307. The van der Waals surface area contributed by atoms with Crippen LogP contribution in [0.25, 0.3) is 11.1 Å². The van der Waals surface area contributed by atoms with Crippen molar-refractivity contribution < 1.29 is 40.8 Å². The van der Waals surface area contributed by atoms with Crippen LogP contribution in [-0.4, -0.2) is 26.0 Å². The molecule has 0 bridgehead atoms. The van der Waals surface area contributed by atoms with E-state index < -0.39 is 58.9 Å². The predicted octanol–water partition coefficient (Wildman–Crippen LogP) is 4.83. The fraction of sp³-hybridized carbons (Fsp3) is 0.143. The van der Waals surface area contributed by atoms with Crippen LogP contribution in [0, 0.1) is 30.2 Å². The van der Waals surface area contributed by atoms with Crippen LogP contribution in [0.3, 0.4) is 0 Å². The van der Waals surface area contributed by atoms with Gasteiger partial charge in [0.15, 0.2) is 23.3 Å². The summed E-state index contributed by atoms with van der Waals surface area (Å²) in [5.74, 6) is -9.85. The molecule has 3 aromatic rings. The molecule has 0 saturated carbocycles. The van der Waals surface area contributed by atoms with Gasteiger partial charge < -0.3 is 10.1 Å². The Kier molecular flexibility index (Phi) is 5.64. The highest BCUT2D eigenvalue weighted by molar-refractivity contribution is 7.14. The first kappa shape index (κ1) is 19.3. The minimum atomic E-state index is -2.88. The first-order valence-electron chi connectivity index (χ1n) is 10.2. The first-order chi connectivity index (χ1) is 16.3. The van der Waals surface area contributed by atoms with Gasteiger partial charge in [-0.25, -0.2) is 23.0 Å². The summed E-state index contributed by atoms with van der Waals surface area (Å²) in [6.45, 7) is 1.56. The smallest absolute Gasteiger partial charge is 0.285 e. The second-order valence-electron chi connectivity index (χ2n) is 6.33. The summed E-state index contributed by atoms with van der Waals surface area (Å²) >= 11 is 0.880. The molecule has 6 nitrogen and oxygen atoms in total. The highest BCUT2D eigenvalue weighted by Gasteiger charge is 2.29. The third-order valence-corrected chi connectivity index (χ3v) is 5.29. The molecule has 0 aliphatic rings. The zero-order valence-electron chi connectivity index (χ0n) is 19.4. The van der Waals surface area contributed by atoms with Gasteiger partial charge >= 0.3 is 0 Å². The molecule has 0 aliphatic carbocycles. The summed E-state index contributed by atoms with van der Waals surface area (Å²) < 4.78 is 85.3. The lowest BCUT2D eigenvalue weighted by Crippen LogP contribution is -2.24. The lowest BCUT2D eigenvalue weighted by atomic mass is 10.0. The highest BCUT2D eigenvalue weighted by atomic mass is 32.1. The van der Waals surface area contributed by atoms with Gasteiger partial charge in [0.05, 0.1) is 29.4 Å². The van der Waals surface area contributed by atoms with Gasteiger partial charge in [-0.15, -0.1) is 11.3 Å². The summed E-state index contributed by atoms with van der Waals surface area (Å²) in [5.41, 5.74) is -1.27. The summed E-state index contributed by atoms with van der Waals surface area (Å²) in [6.07, 6.45) is 0. The summed E-state index contributed by atoms with van der Waals surface area (Å²) in [4.78, 5) is 29.5. The average molecular weight is 471 g/mol. The van der Waals surface area contributed by atoms with Crippen LogP contribution in [-0.2, 0) is 4.84 Å². The number of ether oxygens (including phenoxy) is 1. The molecule has 32 heavy (non-hydrogen) atoms. The van der Waals surface area contributed by atoms with E-state index in [1.54, 1.807) is 12.2 Å². The van der Waals surface area contributed by atoms with Gasteiger partial charge in [-0.05, 0) is 30.7 Å². The highest BCUT2D eigenvalue weighted by Crippen LogP contribution is 2.36. The number of thiophene rings is 1. The number of aryl methyl sites for hydroxylation is 1. The van der Waals surface area contributed by atoms with Gasteiger partial charge in [-0.3, -0.25) is 14.4 Å². The fourth-order valence-electron chi connectivity index (χ4n) is 2.88. The van der Waals surface area contributed by atoms with Crippen molar-refractivity contribution in [3.63, 3.8) is 0 Å². The van der Waals surface area contributed by atoms with E-state index in [1.165, 1.54) is 18.2 Å². The minimum Gasteiger partial charge on any atom is -0.497 e. The molecule has 0 saturated heterocycles. The molecule has 0 atom stereocenters. The third-order valence-electron chi connectivity index (χ3n) is 4.24. The van der Waals surface area contributed by atoms with Gasteiger partial charge in [0.1, 0.15) is 16.3 Å². The zero-order valence-corrected chi connectivity index (χ0v) is 17.3. The summed E-state index contributed by atoms with van der Waals surface area (Å²) in [6, 6.07) is 5.57. The molecule has 0 fully saturated rings.